The molecule has 1 amide bonds. The van der Waals surface area contributed by atoms with Crippen LogP contribution in [-0.2, 0) is 20.6 Å². The van der Waals surface area contributed by atoms with E-state index in [9.17, 15) is 13.2 Å². The molecule has 1 unspecified atom stereocenters. The van der Waals surface area contributed by atoms with Crippen LogP contribution in [0.5, 0.6) is 5.75 Å². The van der Waals surface area contributed by atoms with Gasteiger partial charge in [-0.15, -0.1) is 0 Å². The molecule has 1 aliphatic rings. The molecular weight excluding hydrogens is 468 g/mol. The number of sulfonamides is 1. The number of anilines is 2. The molecule has 1 atom stereocenters. The fourth-order valence-corrected chi connectivity index (χ4v) is 5.07. The Morgan fingerprint density at radius 1 is 1.00 bits per heavy atom. The number of hydrogen-bond donors (Lipinski definition) is 1. The molecule has 3 aromatic carbocycles. The summed E-state index contributed by atoms with van der Waals surface area (Å²) in [6.45, 7) is -0.103. The largest absolute Gasteiger partial charge is 0.476 e. The normalized spacial score (nSPS) is 15.8. The van der Waals surface area contributed by atoms with Crippen molar-refractivity contribution >= 4 is 43.2 Å². The molecule has 1 heterocycles. The Kier molecular flexibility index (Phi) is 5.78. The first-order valence-corrected chi connectivity index (χ1v) is 11.7. The number of halogens is 1. The lowest BCUT2D eigenvalue weighted by Crippen LogP contribution is -2.49. The second kappa shape index (κ2) is 8.49. The highest BCUT2D eigenvalue weighted by atomic mass is 79.9. The summed E-state index contributed by atoms with van der Waals surface area (Å²) in [5.74, 6) is -0.216. The third-order valence-corrected chi connectivity index (χ3v) is 6.91. The van der Waals surface area contributed by atoms with Crippen molar-refractivity contribution in [2.75, 3.05) is 16.2 Å². The van der Waals surface area contributed by atoms with E-state index >= 15 is 0 Å². The molecule has 0 saturated heterocycles. The van der Waals surface area contributed by atoms with E-state index in [0.717, 1.165) is 4.47 Å². The van der Waals surface area contributed by atoms with E-state index in [2.05, 4.69) is 21.2 Å². The van der Waals surface area contributed by atoms with Crippen molar-refractivity contribution in [3.63, 3.8) is 0 Å². The SMILES string of the molecule is O=C(Nc1ccc(Br)cc1)C1CN(S(=O)(=O)Cc2ccccc2)c2ccccc2O1. The van der Waals surface area contributed by atoms with Crippen LogP contribution in [0.4, 0.5) is 11.4 Å². The molecule has 3 aromatic rings. The summed E-state index contributed by atoms with van der Waals surface area (Å²) in [6.07, 6.45) is -0.978. The van der Waals surface area contributed by atoms with E-state index in [0.29, 0.717) is 22.7 Å². The number of carbonyl (C=O) groups excluding carboxylic acids is 1. The van der Waals surface area contributed by atoms with Gasteiger partial charge in [-0.2, -0.15) is 0 Å². The van der Waals surface area contributed by atoms with E-state index in [-0.39, 0.29) is 12.3 Å². The van der Waals surface area contributed by atoms with Crippen molar-refractivity contribution in [3.8, 4) is 5.75 Å². The van der Waals surface area contributed by atoms with E-state index < -0.39 is 22.0 Å². The van der Waals surface area contributed by atoms with Gasteiger partial charge in [0.25, 0.3) is 5.91 Å². The number of nitrogens with zero attached hydrogens (tertiary/aromatic N) is 1. The number of benzene rings is 3. The lowest BCUT2D eigenvalue weighted by atomic mass is 10.2. The molecule has 1 N–H and O–H groups in total. The molecule has 4 rings (SSSR count). The average molecular weight is 487 g/mol. The van der Waals surface area contributed by atoms with Crippen LogP contribution in [0.25, 0.3) is 0 Å². The molecule has 0 aliphatic carbocycles. The molecular formula is C22H19BrN2O4S. The quantitative estimate of drug-likeness (QED) is 0.586. The van der Waals surface area contributed by atoms with Crippen LogP contribution in [0.1, 0.15) is 5.56 Å². The summed E-state index contributed by atoms with van der Waals surface area (Å²) in [5, 5.41) is 2.79. The maximum absolute atomic E-state index is 13.2. The van der Waals surface area contributed by atoms with Gasteiger partial charge in [0.1, 0.15) is 5.75 Å². The second-order valence-corrected chi connectivity index (χ2v) is 9.65. The lowest BCUT2D eigenvalue weighted by molar-refractivity contribution is -0.122. The maximum atomic E-state index is 13.2. The lowest BCUT2D eigenvalue weighted by Gasteiger charge is -2.34. The van der Waals surface area contributed by atoms with Crippen LogP contribution in [0.15, 0.2) is 83.3 Å². The van der Waals surface area contributed by atoms with Crippen LogP contribution in [0, 0.1) is 0 Å². The van der Waals surface area contributed by atoms with Gasteiger partial charge < -0.3 is 10.1 Å². The minimum absolute atomic E-state index is 0.103. The summed E-state index contributed by atoms with van der Waals surface area (Å²) in [5.41, 5.74) is 1.71. The predicted molar refractivity (Wildman–Crippen MR) is 120 cm³/mol. The summed E-state index contributed by atoms with van der Waals surface area (Å²) < 4.78 is 34.4. The van der Waals surface area contributed by atoms with E-state index in [4.69, 9.17) is 4.74 Å². The Hall–Kier alpha value is -2.84. The van der Waals surface area contributed by atoms with Crippen LogP contribution in [-0.4, -0.2) is 27.0 Å². The van der Waals surface area contributed by atoms with Crippen LogP contribution < -0.4 is 14.4 Å². The Balaban J connectivity index is 1.60. The van der Waals surface area contributed by atoms with Crippen molar-refractivity contribution in [1.29, 1.82) is 0 Å². The second-order valence-electron chi connectivity index (χ2n) is 6.84. The first-order chi connectivity index (χ1) is 14.4. The van der Waals surface area contributed by atoms with E-state index in [1.54, 1.807) is 60.7 Å². The number of hydrogen-bond acceptors (Lipinski definition) is 4. The van der Waals surface area contributed by atoms with E-state index in [1.807, 2.05) is 18.2 Å². The zero-order valence-corrected chi connectivity index (χ0v) is 18.3. The first-order valence-electron chi connectivity index (χ1n) is 9.29. The third-order valence-electron chi connectivity index (χ3n) is 4.67. The van der Waals surface area contributed by atoms with Crippen molar-refractivity contribution in [3.05, 3.63) is 88.9 Å². The highest BCUT2D eigenvalue weighted by molar-refractivity contribution is 9.10. The number of rotatable bonds is 5. The van der Waals surface area contributed by atoms with Gasteiger partial charge in [-0.3, -0.25) is 9.10 Å². The first kappa shape index (κ1) is 20.4. The zero-order chi connectivity index (χ0) is 21.1. The standard InChI is InChI=1S/C22H19BrN2O4S/c23-17-10-12-18(13-11-17)24-22(26)21-14-25(19-8-4-5-9-20(19)29-21)30(27,28)15-16-6-2-1-3-7-16/h1-13,21H,14-15H2,(H,24,26). The third kappa shape index (κ3) is 4.49. The Morgan fingerprint density at radius 3 is 2.40 bits per heavy atom. The highest BCUT2D eigenvalue weighted by Gasteiger charge is 2.36. The minimum atomic E-state index is -3.73. The van der Waals surface area contributed by atoms with Crippen LogP contribution in [0.3, 0.4) is 0 Å². The smallest absolute Gasteiger partial charge is 0.267 e. The number of amides is 1. The highest BCUT2D eigenvalue weighted by Crippen LogP contribution is 2.36. The molecule has 8 heteroatoms. The topological polar surface area (TPSA) is 75.7 Å². The summed E-state index contributed by atoms with van der Waals surface area (Å²) in [4.78, 5) is 12.8. The van der Waals surface area contributed by atoms with Crippen molar-refractivity contribution in [2.45, 2.75) is 11.9 Å². The van der Waals surface area contributed by atoms with E-state index in [1.165, 1.54) is 4.31 Å². The van der Waals surface area contributed by atoms with Crippen molar-refractivity contribution < 1.29 is 17.9 Å². The average Bonchev–Trinajstić information content (AvgIpc) is 2.75. The van der Waals surface area contributed by atoms with Gasteiger partial charge in [0, 0.05) is 10.2 Å². The summed E-state index contributed by atoms with van der Waals surface area (Å²) in [7, 11) is -3.73. The zero-order valence-electron chi connectivity index (χ0n) is 15.9. The summed E-state index contributed by atoms with van der Waals surface area (Å²) in [6, 6.07) is 22.9. The molecule has 0 fully saturated rings. The monoisotopic (exact) mass is 486 g/mol. The fourth-order valence-electron chi connectivity index (χ4n) is 3.22. The number of fused-ring (bicyclic) bond motifs is 1. The molecule has 0 aromatic heterocycles. The van der Waals surface area contributed by atoms with Gasteiger partial charge >= 0.3 is 0 Å². The van der Waals surface area contributed by atoms with Gasteiger partial charge in [0.2, 0.25) is 10.0 Å². The molecule has 154 valence electrons. The Labute approximate surface area is 183 Å². The number of para-hydroxylation sites is 2. The molecule has 0 spiro atoms. The molecule has 0 saturated carbocycles. The molecule has 6 nitrogen and oxygen atoms in total. The van der Waals surface area contributed by atoms with Gasteiger partial charge in [-0.1, -0.05) is 58.4 Å². The molecule has 0 bridgehead atoms. The number of carbonyl (C=O) groups is 1. The van der Waals surface area contributed by atoms with Crippen molar-refractivity contribution in [1.82, 2.24) is 0 Å². The summed E-state index contributed by atoms with van der Waals surface area (Å²) >= 11 is 3.35. The Bertz CT molecular complexity index is 1150. The number of ether oxygens (including phenoxy) is 1. The predicted octanol–water partition coefficient (Wildman–Crippen LogP) is 4.19. The Morgan fingerprint density at radius 2 is 1.67 bits per heavy atom. The number of nitrogens with one attached hydrogen (secondary N) is 1. The maximum Gasteiger partial charge on any atom is 0.267 e. The van der Waals surface area contributed by atoms with Crippen molar-refractivity contribution in [2.24, 2.45) is 0 Å². The molecule has 30 heavy (non-hydrogen) atoms. The molecule has 1 aliphatic heterocycles. The fraction of sp³-hybridized carbons (Fsp3) is 0.136. The van der Waals surface area contributed by atoms with Gasteiger partial charge in [0.15, 0.2) is 6.10 Å². The van der Waals surface area contributed by atoms with Gasteiger partial charge in [-0.05, 0) is 42.0 Å². The van der Waals surface area contributed by atoms with Gasteiger partial charge in [-0.25, -0.2) is 8.42 Å². The minimum Gasteiger partial charge on any atom is -0.476 e. The van der Waals surface area contributed by atoms with Crippen LogP contribution >= 0.6 is 15.9 Å². The van der Waals surface area contributed by atoms with Gasteiger partial charge in [0.05, 0.1) is 18.0 Å². The molecule has 0 radical (unpaired) electrons. The van der Waals surface area contributed by atoms with Crippen LogP contribution in [0.2, 0.25) is 0 Å².